The van der Waals surface area contributed by atoms with Crippen LogP contribution in [0.1, 0.15) is 38.4 Å². The fraction of sp³-hybridized carbons (Fsp3) is 0.714. The highest BCUT2D eigenvalue weighted by molar-refractivity contribution is 5.44. The van der Waals surface area contributed by atoms with Crippen molar-refractivity contribution in [2.45, 2.75) is 45.3 Å². The molecule has 1 fully saturated rings. The number of aromatic nitrogens is 2. The standard InChI is InChI=1S/C14H24N4O2/c1-2-20-9-14-17-12(15)7-13(18-14)16-8-10-4-3-5-11(19)6-10/h7,10-11,19H,2-6,8-9H2,1H3,(H3,15,16,17,18). The highest BCUT2D eigenvalue weighted by atomic mass is 16.5. The molecule has 2 atom stereocenters. The van der Waals surface area contributed by atoms with Crippen LogP contribution >= 0.6 is 0 Å². The van der Waals surface area contributed by atoms with Crippen molar-refractivity contribution in [3.05, 3.63) is 11.9 Å². The van der Waals surface area contributed by atoms with Crippen LogP contribution < -0.4 is 11.1 Å². The van der Waals surface area contributed by atoms with E-state index >= 15 is 0 Å². The molecule has 20 heavy (non-hydrogen) atoms. The molecular formula is C14H24N4O2. The molecule has 2 unspecified atom stereocenters. The van der Waals surface area contributed by atoms with Gasteiger partial charge in [0.1, 0.15) is 18.2 Å². The summed E-state index contributed by atoms with van der Waals surface area (Å²) in [7, 11) is 0. The third kappa shape index (κ3) is 4.61. The normalized spacial score (nSPS) is 22.7. The number of aliphatic hydroxyl groups excluding tert-OH is 1. The van der Waals surface area contributed by atoms with E-state index in [2.05, 4.69) is 15.3 Å². The van der Waals surface area contributed by atoms with E-state index in [9.17, 15) is 5.11 Å². The number of hydrogen-bond donors (Lipinski definition) is 3. The van der Waals surface area contributed by atoms with E-state index in [1.54, 1.807) is 6.07 Å². The van der Waals surface area contributed by atoms with Gasteiger partial charge < -0.3 is 20.9 Å². The van der Waals surface area contributed by atoms with Gasteiger partial charge >= 0.3 is 0 Å². The molecule has 1 aromatic rings. The molecule has 6 nitrogen and oxygen atoms in total. The van der Waals surface area contributed by atoms with Crippen molar-refractivity contribution in [1.29, 1.82) is 0 Å². The van der Waals surface area contributed by atoms with Gasteiger partial charge in [0.25, 0.3) is 0 Å². The summed E-state index contributed by atoms with van der Waals surface area (Å²) in [5.41, 5.74) is 5.78. The molecule has 112 valence electrons. The Kier molecular flexibility index (Phi) is 5.55. The second kappa shape index (κ2) is 7.40. The van der Waals surface area contributed by atoms with Crippen LogP contribution in [-0.4, -0.2) is 34.3 Å². The summed E-state index contributed by atoms with van der Waals surface area (Å²) in [4.78, 5) is 8.52. The molecule has 1 aliphatic rings. The zero-order chi connectivity index (χ0) is 14.4. The molecule has 0 spiro atoms. The van der Waals surface area contributed by atoms with Gasteiger partial charge in [-0.1, -0.05) is 6.42 Å². The number of hydrogen-bond acceptors (Lipinski definition) is 6. The lowest BCUT2D eigenvalue weighted by atomic mass is 9.87. The van der Waals surface area contributed by atoms with Crippen LogP contribution in [-0.2, 0) is 11.3 Å². The summed E-state index contributed by atoms with van der Waals surface area (Å²) < 4.78 is 5.30. The minimum absolute atomic E-state index is 0.153. The van der Waals surface area contributed by atoms with Crippen LogP contribution in [0.5, 0.6) is 0 Å². The molecule has 0 aromatic carbocycles. The number of nitrogens with two attached hydrogens (primary N) is 1. The predicted molar refractivity (Wildman–Crippen MR) is 78.2 cm³/mol. The summed E-state index contributed by atoms with van der Waals surface area (Å²) in [6, 6.07) is 1.73. The van der Waals surface area contributed by atoms with Crippen molar-refractivity contribution in [2.24, 2.45) is 5.92 Å². The first kappa shape index (κ1) is 15.0. The Morgan fingerprint density at radius 1 is 1.45 bits per heavy atom. The summed E-state index contributed by atoms with van der Waals surface area (Å²) in [5, 5.41) is 13.0. The molecule has 0 radical (unpaired) electrons. The van der Waals surface area contributed by atoms with E-state index in [0.29, 0.717) is 30.8 Å². The fourth-order valence-corrected chi connectivity index (χ4v) is 2.56. The molecule has 0 saturated heterocycles. The largest absolute Gasteiger partial charge is 0.393 e. The topological polar surface area (TPSA) is 93.3 Å². The Labute approximate surface area is 119 Å². The lowest BCUT2D eigenvalue weighted by Crippen LogP contribution is -2.25. The summed E-state index contributed by atoms with van der Waals surface area (Å²) in [6.45, 7) is 3.74. The third-order valence-electron chi connectivity index (χ3n) is 3.55. The molecule has 0 aliphatic heterocycles. The van der Waals surface area contributed by atoms with Crippen molar-refractivity contribution in [3.63, 3.8) is 0 Å². The van der Waals surface area contributed by atoms with E-state index in [1.165, 1.54) is 0 Å². The van der Waals surface area contributed by atoms with E-state index in [1.807, 2.05) is 6.92 Å². The number of nitrogens with zero attached hydrogens (tertiary/aromatic N) is 2. The maximum absolute atomic E-state index is 9.67. The molecule has 1 aromatic heterocycles. The Bertz CT molecular complexity index is 428. The maximum atomic E-state index is 9.67. The van der Waals surface area contributed by atoms with Gasteiger partial charge in [-0.3, -0.25) is 0 Å². The molecule has 1 saturated carbocycles. The minimum Gasteiger partial charge on any atom is -0.393 e. The Balaban J connectivity index is 1.89. The lowest BCUT2D eigenvalue weighted by Gasteiger charge is -2.26. The van der Waals surface area contributed by atoms with E-state index in [4.69, 9.17) is 10.5 Å². The average Bonchev–Trinajstić information content (AvgIpc) is 2.42. The van der Waals surface area contributed by atoms with E-state index < -0.39 is 0 Å². The molecule has 1 heterocycles. The first-order valence-electron chi connectivity index (χ1n) is 7.30. The van der Waals surface area contributed by atoms with Crippen LogP contribution in [0.3, 0.4) is 0 Å². The smallest absolute Gasteiger partial charge is 0.158 e. The van der Waals surface area contributed by atoms with Gasteiger partial charge in [-0.25, -0.2) is 9.97 Å². The second-order valence-electron chi connectivity index (χ2n) is 5.30. The molecule has 2 rings (SSSR count). The van der Waals surface area contributed by atoms with Crippen LogP contribution in [0.2, 0.25) is 0 Å². The average molecular weight is 280 g/mol. The molecule has 0 bridgehead atoms. The van der Waals surface area contributed by atoms with Gasteiger partial charge in [0, 0.05) is 19.2 Å². The van der Waals surface area contributed by atoms with Crippen molar-refractivity contribution >= 4 is 11.6 Å². The first-order valence-corrected chi connectivity index (χ1v) is 7.30. The molecular weight excluding hydrogens is 256 g/mol. The minimum atomic E-state index is -0.153. The van der Waals surface area contributed by atoms with Gasteiger partial charge in [-0.05, 0) is 32.1 Å². The van der Waals surface area contributed by atoms with Crippen LogP contribution in [0, 0.1) is 5.92 Å². The SMILES string of the molecule is CCOCc1nc(N)cc(NCC2CCCC(O)C2)n1. The van der Waals surface area contributed by atoms with E-state index in [-0.39, 0.29) is 6.10 Å². The highest BCUT2D eigenvalue weighted by Crippen LogP contribution is 2.24. The van der Waals surface area contributed by atoms with Gasteiger partial charge in [0.15, 0.2) is 5.82 Å². The number of aliphatic hydroxyl groups is 1. The van der Waals surface area contributed by atoms with Crippen molar-refractivity contribution in [1.82, 2.24) is 9.97 Å². The van der Waals surface area contributed by atoms with E-state index in [0.717, 1.165) is 38.0 Å². The van der Waals surface area contributed by atoms with Gasteiger partial charge in [-0.2, -0.15) is 0 Å². The molecule has 1 aliphatic carbocycles. The highest BCUT2D eigenvalue weighted by Gasteiger charge is 2.20. The van der Waals surface area contributed by atoms with Crippen LogP contribution in [0.15, 0.2) is 6.07 Å². The quantitative estimate of drug-likeness (QED) is 0.732. The first-order chi connectivity index (χ1) is 9.67. The van der Waals surface area contributed by atoms with Gasteiger partial charge in [0.2, 0.25) is 0 Å². The zero-order valence-electron chi connectivity index (χ0n) is 12.0. The molecule has 4 N–H and O–H groups in total. The van der Waals surface area contributed by atoms with Crippen LogP contribution in [0.25, 0.3) is 0 Å². The number of ether oxygens (including phenoxy) is 1. The Morgan fingerprint density at radius 3 is 3.05 bits per heavy atom. The summed E-state index contributed by atoms with van der Waals surface area (Å²) >= 11 is 0. The van der Waals surface area contributed by atoms with Crippen molar-refractivity contribution < 1.29 is 9.84 Å². The molecule has 6 heteroatoms. The monoisotopic (exact) mass is 280 g/mol. The Morgan fingerprint density at radius 2 is 2.30 bits per heavy atom. The second-order valence-corrected chi connectivity index (χ2v) is 5.30. The number of anilines is 2. The van der Waals surface area contributed by atoms with Gasteiger partial charge in [0.05, 0.1) is 6.10 Å². The Hall–Kier alpha value is -1.40. The number of nitrogen functional groups attached to an aromatic ring is 1. The fourth-order valence-electron chi connectivity index (χ4n) is 2.56. The summed E-state index contributed by atoms with van der Waals surface area (Å²) in [6.07, 6.45) is 3.87. The third-order valence-corrected chi connectivity index (χ3v) is 3.55. The zero-order valence-corrected chi connectivity index (χ0v) is 12.0. The number of nitrogens with one attached hydrogen (secondary N) is 1. The number of rotatable bonds is 6. The van der Waals surface area contributed by atoms with Gasteiger partial charge in [-0.15, -0.1) is 0 Å². The van der Waals surface area contributed by atoms with Crippen LogP contribution in [0.4, 0.5) is 11.6 Å². The van der Waals surface area contributed by atoms with Crippen molar-refractivity contribution in [2.75, 3.05) is 24.2 Å². The lowest BCUT2D eigenvalue weighted by molar-refractivity contribution is 0.104. The molecule has 0 amide bonds. The summed E-state index contributed by atoms with van der Waals surface area (Å²) in [5.74, 6) is 2.26. The maximum Gasteiger partial charge on any atom is 0.158 e. The predicted octanol–water partition coefficient (Wildman–Crippen LogP) is 1.56. The van der Waals surface area contributed by atoms with Crippen molar-refractivity contribution in [3.8, 4) is 0 Å².